The largest absolute Gasteiger partial charge is 0.492 e. The van der Waals surface area contributed by atoms with Gasteiger partial charge in [0, 0.05) is 0 Å². The van der Waals surface area contributed by atoms with Gasteiger partial charge in [-0.25, -0.2) is 0 Å². The van der Waals surface area contributed by atoms with Gasteiger partial charge < -0.3 is 10.1 Å². The van der Waals surface area contributed by atoms with E-state index in [2.05, 4.69) is 17.1 Å². The first-order valence-corrected chi connectivity index (χ1v) is 8.95. The lowest BCUT2D eigenvalue weighted by Crippen LogP contribution is -2.39. The zero-order valence-electron chi connectivity index (χ0n) is 14.3. The molecule has 1 aliphatic rings. The molecule has 0 radical (unpaired) electrons. The molecule has 1 amide bonds. The maximum Gasteiger partial charge on any atom is 0.234 e. The Bertz CT molecular complexity index is 450. The molecule has 1 heterocycles. The van der Waals surface area contributed by atoms with Gasteiger partial charge in [-0.1, -0.05) is 38.0 Å². The Balaban J connectivity index is 1.59. The molecule has 23 heavy (non-hydrogen) atoms. The predicted octanol–water partition coefficient (Wildman–Crippen LogP) is 3.08. The Labute approximate surface area is 140 Å². The van der Waals surface area contributed by atoms with Gasteiger partial charge in [0.2, 0.25) is 5.91 Å². The van der Waals surface area contributed by atoms with Crippen LogP contribution in [0.5, 0.6) is 5.75 Å². The van der Waals surface area contributed by atoms with E-state index in [0.717, 1.165) is 24.8 Å². The van der Waals surface area contributed by atoms with Gasteiger partial charge in [0.05, 0.1) is 13.1 Å². The van der Waals surface area contributed by atoms with E-state index in [1.165, 1.54) is 32.1 Å². The second-order valence-corrected chi connectivity index (χ2v) is 6.37. The molecule has 2 rings (SSSR count). The molecule has 0 bridgehead atoms. The molecule has 4 nitrogen and oxygen atoms in total. The molecule has 1 N–H and O–H groups in total. The standard InChI is InChI=1S/C19H30N2O2/c1-2-7-17-8-6-13-21(14-11-17)16-19(22)20-12-15-23-18-9-4-3-5-10-18/h3-5,9-10,17H,2,6-8,11-16H2,1H3,(H,20,22). The van der Waals surface area contributed by atoms with Gasteiger partial charge in [-0.2, -0.15) is 0 Å². The Kier molecular flexibility index (Phi) is 7.95. The van der Waals surface area contributed by atoms with Crippen molar-refractivity contribution in [1.82, 2.24) is 10.2 Å². The van der Waals surface area contributed by atoms with Crippen molar-refractivity contribution < 1.29 is 9.53 Å². The first-order valence-electron chi connectivity index (χ1n) is 8.95. The van der Waals surface area contributed by atoms with Crippen LogP contribution in [0.25, 0.3) is 0 Å². The van der Waals surface area contributed by atoms with Crippen LogP contribution >= 0.6 is 0 Å². The Hall–Kier alpha value is -1.55. The molecule has 0 spiro atoms. The van der Waals surface area contributed by atoms with E-state index < -0.39 is 0 Å². The van der Waals surface area contributed by atoms with Gasteiger partial charge in [-0.15, -0.1) is 0 Å². The number of nitrogens with one attached hydrogen (secondary N) is 1. The molecular weight excluding hydrogens is 288 g/mol. The lowest BCUT2D eigenvalue weighted by Gasteiger charge is -2.19. The number of hydrogen-bond donors (Lipinski definition) is 1. The average Bonchev–Trinajstić information content (AvgIpc) is 2.78. The zero-order chi connectivity index (χ0) is 16.3. The number of hydrogen-bond acceptors (Lipinski definition) is 3. The van der Waals surface area contributed by atoms with E-state index in [-0.39, 0.29) is 5.91 Å². The molecule has 0 aliphatic carbocycles. The quantitative estimate of drug-likeness (QED) is 0.749. The number of nitrogens with zero attached hydrogens (tertiary/aromatic N) is 1. The molecule has 1 atom stereocenters. The zero-order valence-corrected chi connectivity index (χ0v) is 14.3. The lowest BCUT2D eigenvalue weighted by molar-refractivity contribution is -0.122. The fraction of sp³-hybridized carbons (Fsp3) is 0.632. The maximum atomic E-state index is 12.0. The first-order chi connectivity index (χ1) is 11.3. The molecule has 1 saturated heterocycles. The number of ether oxygens (including phenoxy) is 1. The molecular formula is C19H30N2O2. The van der Waals surface area contributed by atoms with Crippen LogP contribution in [0, 0.1) is 5.92 Å². The Morgan fingerprint density at radius 1 is 1.26 bits per heavy atom. The summed E-state index contributed by atoms with van der Waals surface area (Å²) in [5.74, 6) is 1.80. The number of para-hydroxylation sites is 1. The van der Waals surface area contributed by atoms with Gasteiger partial charge in [0.15, 0.2) is 0 Å². The smallest absolute Gasteiger partial charge is 0.234 e. The second-order valence-electron chi connectivity index (χ2n) is 6.37. The Morgan fingerprint density at radius 3 is 2.87 bits per heavy atom. The molecule has 1 unspecified atom stereocenters. The van der Waals surface area contributed by atoms with E-state index in [4.69, 9.17) is 4.74 Å². The molecule has 128 valence electrons. The predicted molar refractivity (Wildman–Crippen MR) is 93.6 cm³/mol. The van der Waals surface area contributed by atoms with E-state index >= 15 is 0 Å². The SMILES string of the molecule is CCCC1CCCN(CC(=O)NCCOc2ccccc2)CC1. The van der Waals surface area contributed by atoms with Crippen LogP contribution in [0.4, 0.5) is 0 Å². The van der Waals surface area contributed by atoms with Crippen LogP contribution in [0.3, 0.4) is 0 Å². The highest BCUT2D eigenvalue weighted by Crippen LogP contribution is 2.21. The summed E-state index contributed by atoms with van der Waals surface area (Å²) in [4.78, 5) is 14.3. The molecule has 0 aromatic heterocycles. The van der Waals surface area contributed by atoms with Crippen LogP contribution in [-0.4, -0.2) is 43.6 Å². The highest BCUT2D eigenvalue weighted by atomic mass is 16.5. The van der Waals surface area contributed by atoms with Crippen molar-refractivity contribution in [1.29, 1.82) is 0 Å². The van der Waals surface area contributed by atoms with Crippen LogP contribution < -0.4 is 10.1 Å². The maximum absolute atomic E-state index is 12.0. The highest BCUT2D eigenvalue weighted by molar-refractivity contribution is 5.77. The topological polar surface area (TPSA) is 41.6 Å². The minimum atomic E-state index is 0.107. The molecule has 4 heteroatoms. The second kappa shape index (κ2) is 10.3. The van der Waals surface area contributed by atoms with Crippen LogP contribution in [0.15, 0.2) is 30.3 Å². The summed E-state index contributed by atoms with van der Waals surface area (Å²) >= 11 is 0. The average molecular weight is 318 g/mol. The number of benzene rings is 1. The van der Waals surface area contributed by atoms with Gasteiger partial charge in [-0.3, -0.25) is 9.69 Å². The van der Waals surface area contributed by atoms with E-state index in [1.54, 1.807) is 0 Å². The van der Waals surface area contributed by atoms with E-state index in [9.17, 15) is 4.79 Å². The number of carbonyl (C=O) groups excluding carboxylic acids is 1. The molecule has 1 aliphatic heterocycles. The van der Waals surface area contributed by atoms with Crippen molar-refractivity contribution in [2.45, 2.75) is 39.0 Å². The lowest BCUT2D eigenvalue weighted by atomic mass is 9.96. The van der Waals surface area contributed by atoms with Gasteiger partial charge >= 0.3 is 0 Å². The fourth-order valence-corrected chi connectivity index (χ4v) is 3.21. The van der Waals surface area contributed by atoms with Crippen molar-refractivity contribution in [3.63, 3.8) is 0 Å². The summed E-state index contributed by atoms with van der Waals surface area (Å²) in [5.41, 5.74) is 0. The third-order valence-electron chi connectivity index (χ3n) is 4.44. The summed E-state index contributed by atoms with van der Waals surface area (Å²) in [6, 6.07) is 9.69. The minimum absolute atomic E-state index is 0.107. The minimum Gasteiger partial charge on any atom is -0.492 e. The molecule has 1 aromatic carbocycles. The van der Waals surface area contributed by atoms with Gasteiger partial charge in [0.25, 0.3) is 0 Å². The van der Waals surface area contributed by atoms with Crippen molar-refractivity contribution in [3.8, 4) is 5.75 Å². The number of amides is 1. The number of likely N-dealkylation sites (tertiary alicyclic amines) is 1. The summed E-state index contributed by atoms with van der Waals surface area (Å²) in [5, 5.41) is 2.95. The van der Waals surface area contributed by atoms with Gasteiger partial charge in [0.1, 0.15) is 12.4 Å². The molecule has 0 saturated carbocycles. The fourth-order valence-electron chi connectivity index (χ4n) is 3.21. The normalized spacial score (nSPS) is 19.1. The number of carbonyl (C=O) groups is 1. The van der Waals surface area contributed by atoms with Crippen LogP contribution in [-0.2, 0) is 4.79 Å². The first kappa shape index (κ1) is 17.8. The van der Waals surface area contributed by atoms with Gasteiger partial charge in [-0.05, 0) is 50.4 Å². The third kappa shape index (κ3) is 7.04. The van der Waals surface area contributed by atoms with Crippen molar-refractivity contribution >= 4 is 5.91 Å². The summed E-state index contributed by atoms with van der Waals surface area (Å²) < 4.78 is 5.58. The van der Waals surface area contributed by atoms with E-state index in [0.29, 0.717) is 19.7 Å². The molecule has 1 fully saturated rings. The Morgan fingerprint density at radius 2 is 2.09 bits per heavy atom. The van der Waals surface area contributed by atoms with Crippen LogP contribution in [0.2, 0.25) is 0 Å². The summed E-state index contributed by atoms with van der Waals surface area (Å²) in [7, 11) is 0. The van der Waals surface area contributed by atoms with Crippen molar-refractivity contribution in [2.75, 3.05) is 32.8 Å². The number of rotatable bonds is 8. The third-order valence-corrected chi connectivity index (χ3v) is 4.44. The van der Waals surface area contributed by atoms with E-state index in [1.807, 2.05) is 30.3 Å². The molecule has 1 aromatic rings. The monoisotopic (exact) mass is 318 g/mol. The highest BCUT2D eigenvalue weighted by Gasteiger charge is 2.18. The summed E-state index contributed by atoms with van der Waals surface area (Å²) in [6.07, 6.45) is 6.37. The van der Waals surface area contributed by atoms with Crippen LogP contribution in [0.1, 0.15) is 39.0 Å². The van der Waals surface area contributed by atoms with Crippen molar-refractivity contribution in [2.24, 2.45) is 5.92 Å². The summed E-state index contributed by atoms with van der Waals surface area (Å²) in [6.45, 7) is 5.94. The van der Waals surface area contributed by atoms with Crippen molar-refractivity contribution in [3.05, 3.63) is 30.3 Å².